The van der Waals surface area contributed by atoms with E-state index in [-0.39, 0.29) is 0 Å². The van der Waals surface area contributed by atoms with E-state index in [4.69, 9.17) is 5.41 Å². The van der Waals surface area contributed by atoms with E-state index in [1.807, 2.05) is 0 Å². The minimum Gasteiger partial charge on any atom is -0.359 e. The maximum Gasteiger partial charge on any atom is 0.0958 e. The molecule has 0 spiro atoms. The fourth-order valence-electron chi connectivity index (χ4n) is 2.22. The number of nitrogens with one attached hydrogen (secondary N) is 1. The Kier molecular flexibility index (Phi) is 2.77. The minimum atomic E-state index is 0.598. The van der Waals surface area contributed by atoms with Crippen LogP contribution in [0.2, 0.25) is 0 Å². The highest BCUT2D eigenvalue weighted by Gasteiger charge is 2.30. The first-order chi connectivity index (χ1) is 6.68. The van der Waals surface area contributed by atoms with Crippen molar-refractivity contribution in [2.45, 2.75) is 44.7 Å². The van der Waals surface area contributed by atoms with Gasteiger partial charge >= 0.3 is 0 Å². The van der Waals surface area contributed by atoms with Crippen LogP contribution in [0.5, 0.6) is 0 Å². The van der Waals surface area contributed by atoms with E-state index in [1.54, 1.807) is 0 Å². The van der Waals surface area contributed by atoms with Gasteiger partial charge in [0.25, 0.3) is 0 Å². The summed E-state index contributed by atoms with van der Waals surface area (Å²) in [5.41, 5.74) is 0. The van der Waals surface area contributed by atoms with Gasteiger partial charge in [0.05, 0.1) is 5.84 Å². The first kappa shape index (κ1) is 9.97. The second kappa shape index (κ2) is 3.89. The Labute approximate surface area is 86.6 Å². The molecule has 1 saturated heterocycles. The van der Waals surface area contributed by atoms with Gasteiger partial charge in [-0.1, -0.05) is 0 Å². The predicted octanol–water partition coefficient (Wildman–Crippen LogP) is 1.54. The molecule has 1 heterocycles. The molecule has 0 bridgehead atoms. The molecular formula is C11H21N3. The van der Waals surface area contributed by atoms with Crippen molar-refractivity contribution in [3.05, 3.63) is 0 Å². The van der Waals surface area contributed by atoms with E-state index in [2.05, 4.69) is 23.8 Å². The normalized spacial score (nSPS) is 24.8. The SMILES string of the molecule is CC(CN1CCCC1=N)N(C)C1CC1. The molecule has 1 N–H and O–H groups in total. The van der Waals surface area contributed by atoms with Crippen LogP contribution in [0.1, 0.15) is 32.6 Å². The summed E-state index contributed by atoms with van der Waals surface area (Å²) in [5.74, 6) is 0.848. The zero-order chi connectivity index (χ0) is 10.1. The van der Waals surface area contributed by atoms with Crippen LogP contribution in [0.4, 0.5) is 0 Å². The lowest BCUT2D eigenvalue weighted by Crippen LogP contribution is -2.41. The minimum absolute atomic E-state index is 0.598. The van der Waals surface area contributed by atoms with E-state index in [0.717, 1.165) is 31.4 Å². The van der Waals surface area contributed by atoms with Crippen molar-refractivity contribution in [3.63, 3.8) is 0 Å². The summed E-state index contributed by atoms with van der Waals surface area (Å²) in [4.78, 5) is 4.72. The molecule has 14 heavy (non-hydrogen) atoms. The topological polar surface area (TPSA) is 30.3 Å². The van der Waals surface area contributed by atoms with Gasteiger partial charge in [-0.2, -0.15) is 0 Å². The number of hydrogen-bond donors (Lipinski definition) is 1. The van der Waals surface area contributed by atoms with E-state index < -0.39 is 0 Å². The second-order valence-corrected chi connectivity index (χ2v) is 4.74. The van der Waals surface area contributed by atoms with Crippen LogP contribution in [0.15, 0.2) is 0 Å². The van der Waals surface area contributed by atoms with Crippen molar-refractivity contribution in [2.75, 3.05) is 20.1 Å². The lowest BCUT2D eigenvalue weighted by molar-refractivity contribution is 0.211. The average molecular weight is 195 g/mol. The van der Waals surface area contributed by atoms with Crippen molar-refractivity contribution in [1.82, 2.24) is 9.80 Å². The van der Waals surface area contributed by atoms with Crippen molar-refractivity contribution < 1.29 is 0 Å². The van der Waals surface area contributed by atoms with Crippen molar-refractivity contribution in [3.8, 4) is 0 Å². The molecule has 1 aliphatic heterocycles. The summed E-state index contributed by atoms with van der Waals surface area (Å²) < 4.78 is 0. The smallest absolute Gasteiger partial charge is 0.0958 e. The number of likely N-dealkylation sites (tertiary alicyclic amines) is 1. The molecule has 1 unspecified atom stereocenters. The molecule has 0 aromatic rings. The lowest BCUT2D eigenvalue weighted by atomic mass is 10.2. The Morgan fingerprint density at radius 3 is 2.79 bits per heavy atom. The van der Waals surface area contributed by atoms with Crippen LogP contribution in [0.3, 0.4) is 0 Å². The van der Waals surface area contributed by atoms with E-state index in [1.165, 1.54) is 19.3 Å². The average Bonchev–Trinajstić information content (AvgIpc) is 2.92. The van der Waals surface area contributed by atoms with Gasteiger partial charge in [0.2, 0.25) is 0 Å². The van der Waals surface area contributed by atoms with Crippen LogP contribution < -0.4 is 0 Å². The van der Waals surface area contributed by atoms with Gasteiger partial charge in [0, 0.05) is 31.6 Å². The van der Waals surface area contributed by atoms with Crippen LogP contribution in [-0.4, -0.2) is 47.9 Å². The molecule has 1 saturated carbocycles. The monoisotopic (exact) mass is 195 g/mol. The second-order valence-electron chi connectivity index (χ2n) is 4.74. The number of likely N-dealkylation sites (N-methyl/N-ethyl adjacent to an activating group) is 1. The summed E-state index contributed by atoms with van der Waals surface area (Å²) in [7, 11) is 2.22. The molecule has 1 atom stereocenters. The molecule has 0 radical (unpaired) electrons. The van der Waals surface area contributed by atoms with Crippen LogP contribution >= 0.6 is 0 Å². The lowest BCUT2D eigenvalue weighted by Gasteiger charge is -2.29. The highest BCUT2D eigenvalue weighted by Crippen LogP contribution is 2.27. The van der Waals surface area contributed by atoms with Gasteiger partial charge in [-0.3, -0.25) is 10.3 Å². The fraction of sp³-hybridized carbons (Fsp3) is 0.909. The zero-order valence-electron chi connectivity index (χ0n) is 9.29. The summed E-state index contributed by atoms with van der Waals surface area (Å²) in [5, 5.41) is 7.77. The van der Waals surface area contributed by atoms with Gasteiger partial charge < -0.3 is 4.90 Å². The molecule has 0 aromatic carbocycles. The number of rotatable bonds is 4. The van der Waals surface area contributed by atoms with Gasteiger partial charge in [-0.15, -0.1) is 0 Å². The Bertz CT molecular complexity index is 223. The van der Waals surface area contributed by atoms with Crippen molar-refractivity contribution >= 4 is 5.84 Å². The van der Waals surface area contributed by atoms with Gasteiger partial charge in [0.15, 0.2) is 0 Å². The van der Waals surface area contributed by atoms with Crippen LogP contribution in [0.25, 0.3) is 0 Å². The van der Waals surface area contributed by atoms with E-state index in [9.17, 15) is 0 Å². The molecular weight excluding hydrogens is 174 g/mol. The molecule has 3 nitrogen and oxygen atoms in total. The molecule has 0 amide bonds. The third kappa shape index (κ3) is 2.08. The molecule has 2 rings (SSSR count). The maximum atomic E-state index is 7.77. The highest BCUT2D eigenvalue weighted by atomic mass is 15.3. The molecule has 2 aliphatic rings. The van der Waals surface area contributed by atoms with Gasteiger partial charge in [0.1, 0.15) is 0 Å². The predicted molar refractivity (Wildman–Crippen MR) is 58.8 cm³/mol. The summed E-state index contributed by atoms with van der Waals surface area (Å²) in [6.07, 6.45) is 4.91. The number of nitrogens with zero attached hydrogens (tertiary/aromatic N) is 2. The van der Waals surface area contributed by atoms with E-state index in [0.29, 0.717) is 6.04 Å². The van der Waals surface area contributed by atoms with Crippen molar-refractivity contribution in [1.29, 1.82) is 5.41 Å². The summed E-state index contributed by atoms with van der Waals surface area (Å²) in [6, 6.07) is 1.43. The van der Waals surface area contributed by atoms with Crippen molar-refractivity contribution in [2.24, 2.45) is 0 Å². The Morgan fingerprint density at radius 1 is 1.57 bits per heavy atom. The fourth-order valence-corrected chi connectivity index (χ4v) is 2.22. The first-order valence-electron chi connectivity index (χ1n) is 5.73. The third-order valence-corrected chi connectivity index (χ3v) is 3.53. The van der Waals surface area contributed by atoms with Crippen LogP contribution in [0, 0.1) is 5.41 Å². The molecule has 3 heteroatoms. The highest BCUT2D eigenvalue weighted by molar-refractivity contribution is 5.80. The molecule has 0 aromatic heterocycles. The maximum absolute atomic E-state index is 7.77. The first-order valence-corrected chi connectivity index (χ1v) is 5.73. The zero-order valence-corrected chi connectivity index (χ0v) is 9.29. The quantitative estimate of drug-likeness (QED) is 0.737. The third-order valence-electron chi connectivity index (χ3n) is 3.53. The Hall–Kier alpha value is -0.570. The van der Waals surface area contributed by atoms with Gasteiger partial charge in [-0.25, -0.2) is 0 Å². The largest absolute Gasteiger partial charge is 0.359 e. The van der Waals surface area contributed by atoms with Crippen LogP contribution in [-0.2, 0) is 0 Å². The molecule has 2 fully saturated rings. The standard InChI is InChI=1S/C11H21N3/c1-9(13(2)10-5-6-10)8-14-7-3-4-11(14)12/h9-10,12H,3-8H2,1-2H3. The Balaban J connectivity index is 1.80. The van der Waals surface area contributed by atoms with E-state index >= 15 is 0 Å². The number of amidine groups is 1. The van der Waals surface area contributed by atoms with Gasteiger partial charge in [-0.05, 0) is 33.2 Å². The molecule has 1 aliphatic carbocycles. The number of hydrogen-bond acceptors (Lipinski definition) is 2. The summed E-state index contributed by atoms with van der Waals surface area (Å²) >= 11 is 0. The Morgan fingerprint density at radius 2 is 2.29 bits per heavy atom. The molecule has 80 valence electrons. The summed E-state index contributed by atoms with van der Waals surface area (Å²) in [6.45, 7) is 4.43.